The van der Waals surface area contributed by atoms with E-state index in [2.05, 4.69) is 10.1 Å². The second-order valence-electron chi connectivity index (χ2n) is 4.18. The Morgan fingerprint density at radius 3 is 2.93 bits per heavy atom. The van der Waals surface area contributed by atoms with Crippen LogP contribution in [-0.4, -0.2) is 48.8 Å². The van der Waals surface area contributed by atoms with E-state index >= 15 is 0 Å². The first-order valence-corrected chi connectivity index (χ1v) is 5.36. The van der Waals surface area contributed by atoms with E-state index in [1.54, 1.807) is 7.11 Å². The van der Waals surface area contributed by atoms with Crippen molar-refractivity contribution in [2.75, 3.05) is 20.7 Å². The lowest BCUT2D eigenvalue weighted by Gasteiger charge is -2.34. The molecule has 0 bridgehead atoms. The molecule has 2 atom stereocenters. The number of likely N-dealkylation sites (N-methyl/N-ethyl adjacent to an activating group) is 1. The maximum absolute atomic E-state index is 8.49. The van der Waals surface area contributed by atoms with Gasteiger partial charge in [0.15, 0.2) is 5.84 Å². The molecule has 5 heteroatoms. The van der Waals surface area contributed by atoms with Gasteiger partial charge in [-0.15, -0.1) is 0 Å². The van der Waals surface area contributed by atoms with Crippen molar-refractivity contribution < 1.29 is 9.94 Å². The van der Waals surface area contributed by atoms with Gasteiger partial charge in [0.05, 0.1) is 12.6 Å². The van der Waals surface area contributed by atoms with E-state index in [0.29, 0.717) is 18.7 Å². The van der Waals surface area contributed by atoms with Gasteiger partial charge in [0.2, 0.25) is 0 Å². The van der Waals surface area contributed by atoms with Crippen LogP contribution in [0, 0.1) is 0 Å². The molecule has 2 unspecified atom stereocenters. The molecule has 3 N–H and O–H groups in total. The van der Waals surface area contributed by atoms with Crippen LogP contribution in [0.5, 0.6) is 0 Å². The Balaban J connectivity index is 2.41. The van der Waals surface area contributed by atoms with Crippen LogP contribution in [0.2, 0.25) is 0 Å². The molecule has 5 nitrogen and oxygen atoms in total. The second-order valence-corrected chi connectivity index (χ2v) is 4.18. The first kappa shape index (κ1) is 12.3. The number of ether oxygens (including phenoxy) is 1. The molecule has 0 aliphatic heterocycles. The van der Waals surface area contributed by atoms with Gasteiger partial charge in [0.1, 0.15) is 0 Å². The molecular weight excluding hydrogens is 194 g/mol. The van der Waals surface area contributed by atoms with Crippen molar-refractivity contribution in [3.05, 3.63) is 0 Å². The Morgan fingerprint density at radius 1 is 1.60 bits per heavy atom. The summed E-state index contributed by atoms with van der Waals surface area (Å²) in [6.07, 6.45) is 4.88. The van der Waals surface area contributed by atoms with Crippen molar-refractivity contribution in [3.8, 4) is 0 Å². The molecule has 0 aromatic rings. The smallest absolute Gasteiger partial charge is 0.153 e. The monoisotopic (exact) mass is 215 g/mol. The molecule has 15 heavy (non-hydrogen) atoms. The van der Waals surface area contributed by atoms with Gasteiger partial charge in [0.25, 0.3) is 0 Å². The van der Waals surface area contributed by atoms with Crippen LogP contribution in [0.4, 0.5) is 0 Å². The summed E-state index contributed by atoms with van der Waals surface area (Å²) in [5.74, 6) is 0.261. The SMILES string of the molecule is COC1CCCC(N(C)CC(N)=NO)C1. The lowest BCUT2D eigenvalue weighted by molar-refractivity contribution is 0.0378. The second kappa shape index (κ2) is 5.92. The lowest BCUT2D eigenvalue weighted by Crippen LogP contribution is -2.42. The Labute approximate surface area is 90.9 Å². The highest BCUT2D eigenvalue weighted by Gasteiger charge is 2.24. The molecule has 0 radical (unpaired) electrons. The largest absolute Gasteiger partial charge is 0.409 e. The van der Waals surface area contributed by atoms with Crippen LogP contribution in [-0.2, 0) is 4.74 Å². The van der Waals surface area contributed by atoms with Gasteiger partial charge < -0.3 is 15.7 Å². The average Bonchev–Trinajstić information content (AvgIpc) is 2.28. The summed E-state index contributed by atoms with van der Waals surface area (Å²) in [5.41, 5.74) is 5.47. The van der Waals surface area contributed by atoms with Crippen LogP contribution in [0.1, 0.15) is 25.7 Å². The summed E-state index contributed by atoms with van der Waals surface area (Å²) in [7, 11) is 3.76. The minimum Gasteiger partial charge on any atom is -0.409 e. The molecule has 1 rings (SSSR count). The van der Waals surface area contributed by atoms with Gasteiger partial charge >= 0.3 is 0 Å². The topological polar surface area (TPSA) is 71.1 Å². The predicted octanol–water partition coefficient (Wildman–Crippen LogP) is 0.622. The molecule has 1 aliphatic rings. The number of methoxy groups -OCH3 is 1. The molecule has 0 heterocycles. The van der Waals surface area contributed by atoms with E-state index in [1.165, 1.54) is 6.42 Å². The lowest BCUT2D eigenvalue weighted by atomic mass is 9.92. The number of oxime groups is 1. The number of hydrogen-bond acceptors (Lipinski definition) is 4. The third-order valence-electron chi connectivity index (χ3n) is 3.09. The minimum absolute atomic E-state index is 0.261. The number of nitrogens with two attached hydrogens (primary N) is 1. The Hall–Kier alpha value is -0.810. The van der Waals surface area contributed by atoms with Crippen molar-refractivity contribution in [2.24, 2.45) is 10.9 Å². The normalized spacial score (nSPS) is 28.3. The summed E-state index contributed by atoms with van der Waals surface area (Å²) < 4.78 is 5.37. The van der Waals surface area contributed by atoms with E-state index in [-0.39, 0.29) is 5.84 Å². The van der Waals surface area contributed by atoms with Gasteiger partial charge in [-0.2, -0.15) is 0 Å². The third kappa shape index (κ3) is 3.68. The fourth-order valence-corrected chi connectivity index (χ4v) is 2.15. The molecule has 0 saturated heterocycles. The highest BCUT2D eigenvalue weighted by Crippen LogP contribution is 2.23. The number of hydrogen-bond donors (Lipinski definition) is 2. The molecule has 0 spiro atoms. The maximum Gasteiger partial charge on any atom is 0.153 e. The summed E-state index contributed by atoms with van der Waals surface area (Å²) in [6.45, 7) is 0.512. The van der Waals surface area contributed by atoms with Crippen LogP contribution >= 0.6 is 0 Å². The minimum atomic E-state index is 0.261. The van der Waals surface area contributed by atoms with E-state index in [0.717, 1.165) is 19.3 Å². The first-order chi connectivity index (χ1) is 7.17. The number of nitrogens with zero attached hydrogens (tertiary/aromatic N) is 2. The van der Waals surface area contributed by atoms with Gasteiger partial charge in [-0.1, -0.05) is 5.16 Å². The van der Waals surface area contributed by atoms with Crippen molar-refractivity contribution >= 4 is 5.84 Å². The molecule has 0 aromatic carbocycles. The summed E-state index contributed by atoms with van der Waals surface area (Å²) in [5, 5.41) is 11.5. The molecule has 1 saturated carbocycles. The van der Waals surface area contributed by atoms with E-state index in [9.17, 15) is 0 Å². The summed E-state index contributed by atoms with van der Waals surface area (Å²) in [4.78, 5) is 2.13. The first-order valence-electron chi connectivity index (χ1n) is 5.36. The highest BCUT2D eigenvalue weighted by atomic mass is 16.5. The highest BCUT2D eigenvalue weighted by molar-refractivity contribution is 5.81. The molecule has 0 amide bonds. The Bertz CT molecular complexity index is 221. The fraction of sp³-hybridized carbons (Fsp3) is 0.900. The summed E-state index contributed by atoms with van der Waals surface area (Å²) in [6, 6.07) is 0.476. The van der Waals surface area contributed by atoms with Crippen molar-refractivity contribution in [1.82, 2.24) is 4.90 Å². The van der Waals surface area contributed by atoms with Crippen molar-refractivity contribution in [3.63, 3.8) is 0 Å². The van der Waals surface area contributed by atoms with Crippen molar-refractivity contribution in [1.29, 1.82) is 0 Å². The zero-order chi connectivity index (χ0) is 11.3. The van der Waals surface area contributed by atoms with E-state index < -0.39 is 0 Å². The third-order valence-corrected chi connectivity index (χ3v) is 3.09. The van der Waals surface area contributed by atoms with Gasteiger partial charge in [-0.3, -0.25) is 4.90 Å². The number of amidine groups is 1. The molecular formula is C10H21N3O2. The maximum atomic E-state index is 8.49. The van der Waals surface area contributed by atoms with Gasteiger partial charge in [-0.25, -0.2) is 0 Å². The standard InChI is InChI=1S/C10H21N3O2/c1-13(7-10(11)12-14)8-4-3-5-9(6-8)15-2/h8-9,14H,3-7H2,1-2H3,(H2,11,12). The zero-order valence-electron chi connectivity index (χ0n) is 9.52. The molecule has 1 fully saturated rings. The number of rotatable bonds is 4. The van der Waals surface area contributed by atoms with E-state index in [1.807, 2.05) is 7.05 Å². The Kier molecular flexibility index (Phi) is 4.84. The summed E-state index contributed by atoms with van der Waals surface area (Å²) >= 11 is 0. The van der Waals surface area contributed by atoms with E-state index in [4.69, 9.17) is 15.7 Å². The van der Waals surface area contributed by atoms with Gasteiger partial charge in [0, 0.05) is 13.2 Å². The van der Waals surface area contributed by atoms with Crippen LogP contribution in [0.3, 0.4) is 0 Å². The average molecular weight is 215 g/mol. The fourth-order valence-electron chi connectivity index (χ4n) is 2.15. The zero-order valence-corrected chi connectivity index (χ0v) is 9.52. The van der Waals surface area contributed by atoms with Crippen LogP contribution in [0.25, 0.3) is 0 Å². The van der Waals surface area contributed by atoms with Crippen LogP contribution < -0.4 is 5.73 Å². The molecule has 1 aliphatic carbocycles. The van der Waals surface area contributed by atoms with Crippen LogP contribution in [0.15, 0.2) is 5.16 Å². The van der Waals surface area contributed by atoms with Gasteiger partial charge in [-0.05, 0) is 32.7 Å². The van der Waals surface area contributed by atoms with Crippen molar-refractivity contribution in [2.45, 2.75) is 37.8 Å². The predicted molar refractivity (Wildman–Crippen MR) is 59.1 cm³/mol. The quantitative estimate of drug-likeness (QED) is 0.312. The Morgan fingerprint density at radius 2 is 2.33 bits per heavy atom. The molecule has 0 aromatic heterocycles. The molecule has 88 valence electrons.